The van der Waals surface area contributed by atoms with E-state index in [-0.39, 0.29) is 12.2 Å². The van der Waals surface area contributed by atoms with Gasteiger partial charge < -0.3 is 19.7 Å². The molecule has 0 unspecified atom stereocenters. The van der Waals surface area contributed by atoms with Gasteiger partial charge >= 0.3 is 11.9 Å². The Labute approximate surface area is 177 Å². The SMILES string of the molecule is CC(C)(C)OC(=O)[C@@H]1C(=O)C[C@](C)(O)[C@@H](C(=O)OC(C)(C)C)[C@@H]1c1ccc(O)cc1. The standard InChI is InChI=1S/C23H32O7/c1-21(2,3)29-19(26)17-15(25)12-23(7,28)18(20(27)30-22(4,5)6)16(17)13-8-10-14(24)11-9-13/h8-11,16-18,24,28H,12H2,1-7H3/t16-,17-,18-,23+/m1/s1. The van der Waals surface area contributed by atoms with Crippen LogP contribution in [0.25, 0.3) is 0 Å². The predicted octanol–water partition coefficient (Wildman–Crippen LogP) is 3.12. The third-order valence-electron chi connectivity index (χ3n) is 4.87. The van der Waals surface area contributed by atoms with E-state index < -0.39 is 52.3 Å². The van der Waals surface area contributed by atoms with Crippen LogP contribution >= 0.6 is 0 Å². The van der Waals surface area contributed by atoms with E-state index in [0.717, 1.165) is 0 Å². The highest BCUT2D eigenvalue weighted by molar-refractivity contribution is 6.03. The molecule has 0 radical (unpaired) electrons. The first kappa shape index (κ1) is 23.9. The number of phenols is 1. The van der Waals surface area contributed by atoms with Crippen LogP contribution in [0.15, 0.2) is 24.3 Å². The van der Waals surface area contributed by atoms with Gasteiger partial charge in [0.2, 0.25) is 0 Å². The summed E-state index contributed by atoms with van der Waals surface area (Å²) in [6.45, 7) is 11.6. The summed E-state index contributed by atoms with van der Waals surface area (Å²) in [5.41, 5.74) is -2.93. The highest BCUT2D eigenvalue weighted by Crippen LogP contribution is 2.47. The van der Waals surface area contributed by atoms with Crippen LogP contribution in [-0.2, 0) is 23.9 Å². The molecular weight excluding hydrogens is 388 g/mol. The fourth-order valence-electron chi connectivity index (χ4n) is 3.84. The molecule has 1 aromatic rings. The fraction of sp³-hybridized carbons (Fsp3) is 0.609. The molecule has 0 aliphatic heterocycles. The third-order valence-corrected chi connectivity index (χ3v) is 4.87. The van der Waals surface area contributed by atoms with E-state index in [4.69, 9.17) is 9.47 Å². The number of rotatable bonds is 3. The lowest BCUT2D eigenvalue weighted by molar-refractivity contribution is -0.182. The largest absolute Gasteiger partial charge is 0.508 e. The summed E-state index contributed by atoms with van der Waals surface area (Å²) in [5, 5.41) is 20.7. The Balaban J connectivity index is 2.62. The molecule has 30 heavy (non-hydrogen) atoms. The van der Waals surface area contributed by atoms with Gasteiger partial charge in [0.1, 0.15) is 22.9 Å². The molecule has 1 aliphatic carbocycles. The van der Waals surface area contributed by atoms with Crippen molar-refractivity contribution in [2.45, 2.75) is 77.6 Å². The first-order valence-electron chi connectivity index (χ1n) is 10.0. The van der Waals surface area contributed by atoms with Crippen LogP contribution in [0.2, 0.25) is 0 Å². The summed E-state index contributed by atoms with van der Waals surface area (Å²) >= 11 is 0. The Kier molecular flexibility index (Phi) is 6.38. The molecule has 1 aromatic carbocycles. The van der Waals surface area contributed by atoms with E-state index >= 15 is 0 Å². The van der Waals surface area contributed by atoms with E-state index in [2.05, 4.69) is 0 Å². The zero-order chi connectivity index (χ0) is 23.1. The lowest BCUT2D eigenvalue weighted by atomic mass is 9.61. The van der Waals surface area contributed by atoms with Crippen molar-refractivity contribution in [1.29, 1.82) is 0 Å². The van der Waals surface area contributed by atoms with Gasteiger partial charge in [-0.2, -0.15) is 0 Å². The molecule has 1 aliphatic rings. The van der Waals surface area contributed by atoms with Gasteiger partial charge in [-0.15, -0.1) is 0 Å². The summed E-state index contributed by atoms with van der Waals surface area (Å²) < 4.78 is 11.0. The molecule has 0 bridgehead atoms. The first-order valence-corrected chi connectivity index (χ1v) is 10.0. The van der Waals surface area contributed by atoms with E-state index in [1.807, 2.05) is 0 Å². The van der Waals surface area contributed by atoms with Gasteiger partial charge in [0.25, 0.3) is 0 Å². The van der Waals surface area contributed by atoms with E-state index in [1.165, 1.54) is 31.2 Å². The van der Waals surface area contributed by atoms with E-state index in [9.17, 15) is 24.6 Å². The maximum Gasteiger partial charge on any atom is 0.317 e. The molecule has 166 valence electrons. The van der Waals surface area contributed by atoms with Crippen molar-refractivity contribution in [2.24, 2.45) is 11.8 Å². The van der Waals surface area contributed by atoms with Gasteiger partial charge in [0.05, 0.1) is 11.5 Å². The quantitative estimate of drug-likeness (QED) is 0.571. The molecule has 2 rings (SSSR count). The highest BCUT2D eigenvalue weighted by atomic mass is 16.6. The van der Waals surface area contributed by atoms with Crippen LogP contribution in [-0.4, -0.2) is 44.7 Å². The lowest BCUT2D eigenvalue weighted by Crippen LogP contribution is -2.56. The molecule has 2 N–H and O–H groups in total. The van der Waals surface area contributed by atoms with Crippen LogP contribution in [0.3, 0.4) is 0 Å². The molecule has 7 heteroatoms. The van der Waals surface area contributed by atoms with Gasteiger partial charge in [0.15, 0.2) is 5.78 Å². The summed E-state index contributed by atoms with van der Waals surface area (Å²) in [6.07, 6.45) is -0.380. The molecule has 0 heterocycles. The number of carbonyl (C=O) groups is 3. The van der Waals surface area contributed by atoms with Gasteiger partial charge in [-0.1, -0.05) is 12.1 Å². The van der Waals surface area contributed by atoms with Crippen LogP contribution in [0.5, 0.6) is 5.75 Å². The highest BCUT2D eigenvalue weighted by Gasteiger charge is 2.57. The molecule has 4 atom stereocenters. The second-order valence-corrected chi connectivity index (χ2v) is 10.1. The van der Waals surface area contributed by atoms with Crippen molar-refractivity contribution in [3.05, 3.63) is 29.8 Å². The molecule has 0 saturated heterocycles. The summed E-state index contributed by atoms with van der Waals surface area (Å²) in [6, 6.07) is 5.87. The van der Waals surface area contributed by atoms with Crippen molar-refractivity contribution in [1.82, 2.24) is 0 Å². The Hall–Kier alpha value is -2.41. The number of ether oxygens (including phenoxy) is 2. The van der Waals surface area contributed by atoms with Crippen molar-refractivity contribution < 1.29 is 34.1 Å². The molecule has 7 nitrogen and oxygen atoms in total. The van der Waals surface area contributed by atoms with Crippen LogP contribution in [0, 0.1) is 11.8 Å². The smallest absolute Gasteiger partial charge is 0.317 e. The predicted molar refractivity (Wildman–Crippen MR) is 110 cm³/mol. The number of carbonyl (C=O) groups excluding carboxylic acids is 3. The zero-order valence-corrected chi connectivity index (χ0v) is 18.7. The molecule has 0 amide bonds. The number of aliphatic hydroxyl groups is 1. The summed E-state index contributed by atoms with van der Waals surface area (Å²) in [4.78, 5) is 39.1. The number of benzene rings is 1. The minimum Gasteiger partial charge on any atom is -0.508 e. The van der Waals surface area contributed by atoms with Gasteiger partial charge in [-0.3, -0.25) is 14.4 Å². The fourth-order valence-corrected chi connectivity index (χ4v) is 3.84. The van der Waals surface area contributed by atoms with Gasteiger partial charge in [0, 0.05) is 12.3 Å². The Morgan fingerprint density at radius 3 is 1.90 bits per heavy atom. The number of aromatic hydroxyl groups is 1. The number of ketones is 1. The Morgan fingerprint density at radius 2 is 1.43 bits per heavy atom. The molecule has 0 aromatic heterocycles. The van der Waals surface area contributed by atoms with Crippen LogP contribution in [0.1, 0.15) is 66.4 Å². The zero-order valence-electron chi connectivity index (χ0n) is 18.7. The minimum atomic E-state index is -1.72. The maximum atomic E-state index is 13.1. The van der Waals surface area contributed by atoms with Crippen molar-refractivity contribution >= 4 is 17.7 Å². The van der Waals surface area contributed by atoms with Gasteiger partial charge in [-0.05, 0) is 66.2 Å². The van der Waals surface area contributed by atoms with Gasteiger partial charge in [-0.25, -0.2) is 0 Å². The second kappa shape index (κ2) is 8.02. The molecule has 1 fully saturated rings. The first-order chi connectivity index (χ1) is 13.5. The normalized spacial score (nSPS) is 27.5. The Bertz CT molecular complexity index is 809. The number of hydrogen-bond acceptors (Lipinski definition) is 7. The number of Topliss-reactive ketones (excluding diaryl/α,β-unsaturated/α-hetero) is 1. The van der Waals surface area contributed by atoms with E-state index in [0.29, 0.717) is 5.56 Å². The van der Waals surface area contributed by atoms with E-state index in [1.54, 1.807) is 41.5 Å². The van der Waals surface area contributed by atoms with Crippen molar-refractivity contribution in [2.75, 3.05) is 0 Å². The topological polar surface area (TPSA) is 110 Å². The van der Waals surface area contributed by atoms with Crippen LogP contribution < -0.4 is 0 Å². The monoisotopic (exact) mass is 420 g/mol. The minimum absolute atomic E-state index is 0.00437. The Morgan fingerprint density at radius 1 is 0.967 bits per heavy atom. The lowest BCUT2D eigenvalue weighted by Gasteiger charge is -2.44. The molecular formula is C23H32O7. The van der Waals surface area contributed by atoms with Crippen molar-refractivity contribution in [3.63, 3.8) is 0 Å². The van der Waals surface area contributed by atoms with Crippen LogP contribution in [0.4, 0.5) is 0 Å². The average Bonchev–Trinajstić information content (AvgIpc) is 2.50. The number of hydrogen-bond donors (Lipinski definition) is 2. The number of phenolic OH excluding ortho intramolecular Hbond substituents is 1. The maximum absolute atomic E-state index is 13.1. The summed E-state index contributed by atoms with van der Waals surface area (Å²) in [7, 11) is 0. The molecule has 1 saturated carbocycles. The molecule has 0 spiro atoms. The summed E-state index contributed by atoms with van der Waals surface area (Å²) in [5.74, 6) is -5.45. The average molecular weight is 421 g/mol. The number of esters is 2. The third kappa shape index (κ3) is 5.59. The second-order valence-electron chi connectivity index (χ2n) is 10.1. The van der Waals surface area contributed by atoms with Crippen molar-refractivity contribution in [3.8, 4) is 5.75 Å².